The normalized spacial score (nSPS) is 19.6. The van der Waals surface area contributed by atoms with Gasteiger partial charge in [0.05, 0.1) is 20.8 Å². The van der Waals surface area contributed by atoms with Gasteiger partial charge in [0, 0.05) is 22.4 Å². The Morgan fingerprint density at radius 1 is 0.968 bits per heavy atom. The quantitative estimate of drug-likeness (QED) is 0.591. The molecule has 0 radical (unpaired) electrons. The van der Waals surface area contributed by atoms with E-state index in [0.717, 1.165) is 49.7 Å². The number of carbonyl (C=O) groups is 1. The summed E-state index contributed by atoms with van der Waals surface area (Å²) in [4.78, 5) is 17.7. The van der Waals surface area contributed by atoms with Crippen LogP contribution in [0.3, 0.4) is 0 Å². The minimum atomic E-state index is -0.268. The van der Waals surface area contributed by atoms with Crippen LogP contribution >= 0.6 is 24.2 Å². The maximum atomic E-state index is 12.3. The summed E-state index contributed by atoms with van der Waals surface area (Å²) in [6.45, 7) is 3.44. The lowest BCUT2D eigenvalue weighted by Crippen LogP contribution is -2.40. The second-order valence-electron chi connectivity index (χ2n) is 7.61. The molecule has 4 rings (SSSR count). The Morgan fingerprint density at radius 3 is 2.13 bits per heavy atom. The average Bonchev–Trinajstić information content (AvgIpc) is 3.15. The second-order valence-corrected chi connectivity index (χ2v) is 8.98. The van der Waals surface area contributed by atoms with Crippen LogP contribution in [-0.4, -0.2) is 62.7 Å². The van der Waals surface area contributed by atoms with Gasteiger partial charge in [-0.3, -0.25) is 9.80 Å². The Hall–Kier alpha value is -2.09. The van der Waals surface area contributed by atoms with Gasteiger partial charge in [0.15, 0.2) is 0 Å². The van der Waals surface area contributed by atoms with Crippen molar-refractivity contribution in [2.24, 2.45) is 0 Å². The maximum Gasteiger partial charge on any atom is 0.414 e. The largest absolute Gasteiger partial charge is 0.497 e. The number of thioether (sulfide) groups is 1. The number of ether oxygens (including phenoxy) is 3. The third-order valence-corrected chi connectivity index (χ3v) is 6.97. The van der Waals surface area contributed by atoms with Gasteiger partial charge < -0.3 is 14.2 Å². The molecule has 0 aromatic heterocycles. The van der Waals surface area contributed by atoms with E-state index in [4.69, 9.17) is 14.2 Å². The molecule has 8 heteroatoms. The molecule has 0 saturated carbocycles. The number of benzene rings is 2. The van der Waals surface area contributed by atoms with Crippen LogP contribution in [0.2, 0.25) is 0 Å². The van der Waals surface area contributed by atoms with Crippen LogP contribution in [0.5, 0.6) is 11.5 Å². The topological polar surface area (TPSA) is 51.2 Å². The van der Waals surface area contributed by atoms with E-state index in [1.165, 1.54) is 4.90 Å². The van der Waals surface area contributed by atoms with Crippen molar-refractivity contribution in [2.75, 3.05) is 45.3 Å². The lowest BCUT2D eigenvalue weighted by molar-refractivity contribution is 0.101. The summed E-state index contributed by atoms with van der Waals surface area (Å²) in [7, 11) is 3.32. The molecule has 0 spiro atoms. The number of hydrogen-bond donors (Lipinski definition) is 0. The number of piperidine rings is 1. The fourth-order valence-electron chi connectivity index (χ4n) is 3.93. The second kappa shape index (κ2) is 11.0. The number of carbonyl (C=O) groups excluding carboxylic acids is 1. The number of rotatable bonds is 7. The van der Waals surface area contributed by atoms with Crippen LogP contribution in [0.4, 0.5) is 10.5 Å². The molecule has 0 aliphatic carbocycles. The molecule has 2 aromatic carbocycles. The zero-order valence-corrected chi connectivity index (χ0v) is 19.5. The van der Waals surface area contributed by atoms with Gasteiger partial charge in [-0.15, -0.1) is 24.2 Å². The highest BCUT2D eigenvalue weighted by Crippen LogP contribution is 2.32. The van der Waals surface area contributed by atoms with Crippen molar-refractivity contribution >= 4 is 35.9 Å². The molecule has 2 heterocycles. The summed E-state index contributed by atoms with van der Waals surface area (Å²) in [6, 6.07) is 15.8. The van der Waals surface area contributed by atoms with Crippen LogP contribution in [0.15, 0.2) is 53.4 Å². The smallest absolute Gasteiger partial charge is 0.414 e. The van der Waals surface area contributed by atoms with Crippen LogP contribution in [-0.2, 0) is 4.74 Å². The minimum absolute atomic E-state index is 0. The third-order valence-electron chi connectivity index (χ3n) is 5.62. The van der Waals surface area contributed by atoms with E-state index in [9.17, 15) is 4.79 Å². The summed E-state index contributed by atoms with van der Waals surface area (Å²) in [5.74, 6) is 1.67. The standard InChI is InChI=1S/C23H28N2O4S.ClH/c1-27-18-5-3-17(4-6-18)25-16-20(29-23(25)26)15-24-13-11-22(12-14-24)30-21-9-7-19(28-2)8-10-21;/h3-10,20,22H,11-16H2,1-2H3;1H/t20-;/m0./s1. The molecular weight excluding hydrogens is 436 g/mol. The highest BCUT2D eigenvalue weighted by molar-refractivity contribution is 8.00. The van der Waals surface area contributed by atoms with Gasteiger partial charge in [-0.2, -0.15) is 0 Å². The minimum Gasteiger partial charge on any atom is -0.497 e. The predicted molar refractivity (Wildman–Crippen MR) is 126 cm³/mol. The first-order chi connectivity index (χ1) is 14.6. The Bertz CT molecular complexity index is 842. The number of halogens is 1. The first-order valence-electron chi connectivity index (χ1n) is 10.3. The van der Waals surface area contributed by atoms with Crippen molar-refractivity contribution in [1.29, 1.82) is 0 Å². The SMILES string of the molecule is COc1ccc(SC2CCN(C[C@H]3CN(c4ccc(OC)cc4)C(=O)O3)CC2)cc1.Cl. The molecule has 0 bridgehead atoms. The highest BCUT2D eigenvalue weighted by Gasteiger charge is 2.34. The molecule has 31 heavy (non-hydrogen) atoms. The van der Waals surface area contributed by atoms with E-state index in [0.29, 0.717) is 11.8 Å². The molecule has 1 amide bonds. The van der Waals surface area contributed by atoms with Gasteiger partial charge in [-0.1, -0.05) is 0 Å². The summed E-state index contributed by atoms with van der Waals surface area (Å²) >= 11 is 1.94. The molecule has 0 unspecified atom stereocenters. The summed E-state index contributed by atoms with van der Waals surface area (Å²) in [5, 5.41) is 0.622. The first-order valence-corrected chi connectivity index (χ1v) is 11.2. The summed E-state index contributed by atoms with van der Waals surface area (Å²) < 4.78 is 16.0. The van der Waals surface area contributed by atoms with E-state index >= 15 is 0 Å². The predicted octanol–water partition coefficient (Wildman–Crippen LogP) is 4.71. The number of likely N-dealkylation sites (tertiary alicyclic amines) is 1. The van der Waals surface area contributed by atoms with Crippen LogP contribution in [0, 0.1) is 0 Å². The van der Waals surface area contributed by atoms with E-state index < -0.39 is 0 Å². The molecule has 0 N–H and O–H groups in total. The van der Waals surface area contributed by atoms with Gasteiger partial charge in [-0.25, -0.2) is 4.79 Å². The van der Waals surface area contributed by atoms with Gasteiger partial charge in [0.1, 0.15) is 17.6 Å². The lowest BCUT2D eigenvalue weighted by Gasteiger charge is -2.32. The molecule has 2 aromatic rings. The third kappa shape index (κ3) is 5.99. The number of amides is 1. The molecule has 6 nitrogen and oxygen atoms in total. The number of nitrogens with zero attached hydrogens (tertiary/aromatic N) is 2. The van der Waals surface area contributed by atoms with Crippen molar-refractivity contribution < 1.29 is 19.0 Å². The van der Waals surface area contributed by atoms with E-state index in [1.54, 1.807) is 19.1 Å². The van der Waals surface area contributed by atoms with Gasteiger partial charge >= 0.3 is 6.09 Å². The molecule has 1 atom stereocenters. The number of anilines is 1. The lowest BCUT2D eigenvalue weighted by atomic mass is 10.1. The zero-order chi connectivity index (χ0) is 20.9. The summed E-state index contributed by atoms with van der Waals surface area (Å²) in [6.07, 6.45) is 1.92. The molecule has 2 aliphatic rings. The van der Waals surface area contributed by atoms with E-state index in [-0.39, 0.29) is 24.6 Å². The van der Waals surface area contributed by atoms with E-state index in [1.807, 2.05) is 48.2 Å². The number of methoxy groups -OCH3 is 2. The Labute approximate surface area is 194 Å². The highest BCUT2D eigenvalue weighted by atomic mass is 35.5. The zero-order valence-electron chi connectivity index (χ0n) is 17.9. The molecule has 2 saturated heterocycles. The van der Waals surface area contributed by atoms with Gasteiger partial charge in [0.2, 0.25) is 0 Å². The first kappa shape index (κ1) is 23.6. The van der Waals surface area contributed by atoms with Crippen molar-refractivity contribution in [3.8, 4) is 11.5 Å². The van der Waals surface area contributed by atoms with Crippen molar-refractivity contribution in [3.05, 3.63) is 48.5 Å². The monoisotopic (exact) mass is 464 g/mol. The van der Waals surface area contributed by atoms with Gasteiger partial charge in [-0.05, 0) is 74.5 Å². The van der Waals surface area contributed by atoms with E-state index in [2.05, 4.69) is 17.0 Å². The molecular formula is C23H29ClN2O4S. The molecule has 2 fully saturated rings. The Kier molecular flexibility index (Phi) is 8.35. The van der Waals surface area contributed by atoms with Crippen LogP contribution in [0.1, 0.15) is 12.8 Å². The number of hydrogen-bond acceptors (Lipinski definition) is 6. The average molecular weight is 465 g/mol. The Balaban J connectivity index is 0.00000272. The van der Waals surface area contributed by atoms with Gasteiger partial charge in [0.25, 0.3) is 0 Å². The fraction of sp³-hybridized carbons (Fsp3) is 0.435. The molecule has 168 valence electrons. The fourth-order valence-corrected chi connectivity index (χ4v) is 5.06. The molecule has 2 aliphatic heterocycles. The van der Waals surface area contributed by atoms with Crippen LogP contribution in [0.25, 0.3) is 0 Å². The van der Waals surface area contributed by atoms with Crippen LogP contribution < -0.4 is 14.4 Å². The van der Waals surface area contributed by atoms with Crippen molar-refractivity contribution in [1.82, 2.24) is 4.90 Å². The van der Waals surface area contributed by atoms with Crippen molar-refractivity contribution in [2.45, 2.75) is 29.1 Å². The number of cyclic esters (lactones) is 1. The maximum absolute atomic E-state index is 12.3. The van der Waals surface area contributed by atoms with Crippen molar-refractivity contribution in [3.63, 3.8) is 0 Å². The summed E-state index contributed by atoms with van der Waals surface area (Å²) in [5.41, 5.74) is 0.845. The Morgan fingerprint density at radius 2 is 1.55 bits per heavy atom.